The molecule has 0 heterocycles. The molecule has 106 valence electrons. The van der Waals surface area contributed by atoms with Gasteiger partial charge in [0.25, 0.3) is 0 Å². The van der Waals surface area contributed by atoms with Crippen LogP contribution in [0.15, 0.2) is 0 Å². The van der Waals surface area contributed by atoms with E-state index >= 15 is 0 Å². The maximum absolute atomic E-state index is 10.1. The van der Waals surface area contributed by atoms with Gasteiger partial charge in [-0.3, -0.25) is 0 Å². The van der Waals surface area contributed by atoms with Crippen molar-refractivity contribution in [1.29, 1.82) is 0 Å². The van der Waals surface area contributed by atoms with Gasteiger partial charge in [0, 0.05) is 18.6 Å². The summed E-state index contributed by atoms with van der Waals surface area (Å²) in [6.45, 7) is 0.569. The summed E-state index contributed by atoms with van der Waals surface area (Å²) in [5.41, 5.74) is 0.0373. The first kappa shape index (κ1) is 14.3. The Hall–Kier alpha value is -0.0800. The molecule has 0 aromatic carbocycles. The lowest BCUT2D eigenvalue weighted by molar-refractivity contribution is -0.0334. The summed E-state index contributed by atoms with van der Waals surface area (Å²) < 4.78 is 0. The van der Waals surface area contributed by atoms with Gasteiger partial charge in [-0.25, -0.2) is 0 Å². The van der Waals surface area contributed by atoms with E-state index in [4.69, 9.17) is 0 Å². The van der Waals surface area contributed by atoms with Gasteiger partial charge in [0.1, 0.15) is 0 Å². The van der Waals surface area contributed by atoms with Crippen molar-refractivity contribution < 1.29 is 10.2 Å². The normalized spacial score (nSPS) is 36.0. The number of rotatable bonds is 3. The quantitative estimate of drug-likeness (QED) is 0.757. The SMILES string of the molecule is OCC1CCCCCC1(CO)C1CCCCCC1. The van der Waals surface area contributed by atoms with Gasteiger partial charge >= 0.3 is 0 Å². The third-order valence-corrected chi connectivity index (χ3v) is 5.69. The molecule has 2 rings (SSSR count). The monoisotopic (exact) mass is 254 g/mol. The average molecular weight is 254 g/mol. The molecule has 0 aliphatic heterocycles. The standard InChI is InChI=1S/C16H30O2/c17-12-15-10-6-3-7-11-16(15,13-18)14-8-4-1-2-5-9-14/h14-15,17-18H,1-13H2. The number of hydrogen-bond donors (Lipinski definition) is 2. The van der Waals surface area contributed by atoms with E-state index in [0.29, 0.717) is 18.4 Å². The molecule has 2 aliphatic carbocycles. The van der Waals surface area contributed by atoms with Gasteiger partial charge in [-0.05, 0) is 37.5 Å². The molecule has 0 amide bonds. The zero-order valence-electron chi connectivity index (χ0n) is 11.7. The molecule has 0 aromatic heterocycles. The van der Waals surface area contributed by atoms with Crippen LogP contribution in [0.4, 0.5) is 0 Å². The Morgan fingerprint density at radius 3 is 2.00 bits per heavy atom. The molecule has 0 radical (unpaired) electrons. The molecule has 2 saturated carbocycles. The maximum Gasteiger partial charge on any atom is 0.0493 e. The third kappa shape index (κ3) is 2.91. The molecule has 0 saturated heterocycles. The van der Waals surface area contributed by atoms with Crippen molar-refractivity contribution in [3.63, 3.8) is 0 Å². The Kier molecular flexibility index (Phi) is 5.50. The van der Waals surface area contributed by atoms with Crippen molar-refractivity contribution >= 4 is 0 Å². The minimum Gasteiger partial charge on any atom is -0.396 e. The Balaban J connectivity index is 2.18. The van der Waals surface area contributed by atoms with E-state index in [0.717, 1.165) is 12.8 Å². The molecule has 2 fully saturated rings. The smallest absolute Gasteiger partial charge is 0.0493 e. The first-order valence-corrected chi connectivity index (χ1v) is 8.05. The van der Waals surface area contributed by atoms with E-state index in [1.807, 2.05) is 0 Å². The van der Waals surface area contributed by atoms with Crippen molar-refractivity contribution in [2.45, 2.75) is 70.6 Å². The van der Waals surface area contributed by atoms with Crippen LogP contribution in [0, 0.1) is 17.3 Å². The minimum absolute atomic E-state index is 0.0373. The van der Waals surface area contributed by atoms with E-state index in [9.17, 15) is 10.2 Å². The van der Waals surface area contributed by atoms with Crippen LogP contribution in [0.5, 0.6) is 0 Å². The van der Waals surface area contributed by atoms with Gasteiger partial charge in [0.2, 0.25) is 0 Å². The lowest BCUT2D eigenvalue weighted by atomic mass is 9.62. The summed E-state index contributed by atoms with van der Waals surface area (Å²) >= 11 is 0. The van der Waals surface area contributed by atoms with Crippen molar-refractivity contribution in [3.8, 4) is 0 Å². The van der Waals surface area contributed by atoms with Gasteiger partial charge in [0.05, 0.1) is 0 Å². The molecule has 2 heteroatoms. The second-order valence-corrected chi connectivity index (χ2v) is 6.56. The molecule has 2 nitrogen and oxygen atoms in total. The molecule has 2 atom stereocenters. The minimum atomic E-state index is 0.0373. The van der Waals surface area contributed by atoms with E-state index in [1.165, 1.54) is 57.8 Å². The molecular weight excluding hydrogens is 224 g/mol. The van der Waals surface area contributed by atoms with Crippen LogP contribution in [0.25, 0.3) is 0 Å². The summed E-state index contributed by atoms with van der Waals surface area (Å²) in [5.74, 6) is 0.994. The van der Waals surface area contributed by atoms with E-state index in [1.54, 1.807) is 0 Å². The lowest BCUT2D eigenvalue weighted by Crippen LogP contribution is -2.42. The van der Waals surface area contributed by atoms with Crippen LogP contribution in [0.3, 0.4) is 0 Å². The van der Waals surface area contributed by atoms with Gasteiger partial charge in [-0.2, -0.15) is 0 Å². The third-order valence-electron chi connectivity index (χ3n) is 5.69. The van der Waals surface area contributed by atoms with Crippen LogP contribution in [0.1, 0.15) is 70.6 Å². The molecule has 0 bridgehead atoms. The molecule has 18 heavy (non-hydrogen) atoms. The van der Waals surface area contributed by atoms with Gasteiger partial charge < -0.3 is 10.2 Å². The number of hydrogen-bond acceptors (Lipinski definition) is 2. The summed E-state index contributed by atoms with van der Waals surface area (Å²) in [6.07, 6.45) is 13.9. The molecule has 0 aromatic rings. The van der Waals surface area contributed by atoms with E-state index in [2.05, 4.69) is 0 Å². The van der Waals surface area contributed by atoms with E-state index < -0.39 is 0 Å². The second-order valence-electron chi connectivity index (χ2n) is 6.56. The van der Waals surface area contributed by atoms with Gasteiger partial charge in [0.15, 0.2) is 0 Å². The van der Waals surface area contributed by atoms with Crippen molar-refractivity contribution in [3.05, 3.63) is 0 Å². The zero-order chi connectivity index (χ0) is 12.8. The summed E-state index contributed by atoms with van der Waals surface area (Å²) in [5, 5.41) is 19.9. The largest absolute Gasteiger partial charge is 0.396 e. The molecule has 2 N–H and O–H groups in total. The predicted octanol–water partition coefficient (Wildman–Crippen LogP) is 3.51. The topological polar surface area (TPSA) is 40.5 Å². The molecule has 0 spiro atoms. The van der Waals surface area contributed by atoms with Crippen LogP contribution in [0.2, 0.25) is 0 Å². The highest BCUT2D eigenvalue weighted by Crippen LogP contribution is 2.49. The molecule has 2 unspecified atom stereocenters. The highest BCUT2D eigenvalue weighted by atomic mass is 16.3. The first-order chi connectivity index (χ1) is 8.83. The first-order valence-electron chi connectivity index (χ1n) is 8.05. The zero-order valence-corrected chi connectivity index (χ0v) is 11.7. The van der Waals surface area contributed by atoms with Crippen molar-refractivity contribution in [2.24, 2.45) is 17.3 Å². The van der Waals surface area contributed by atoms with Gasteiger partial charge in [-0.1, -0.05) is 44.9 Å². The van der Waals surface area contributed by atoms with Crippen LogP contribution >= 0.6 is 0 Å². The average Bonchev–Trinajstić information content (AvgIpc) is 2.79. The fourth-order valence-corrected chi connectivity index (χ4v) is 4.52. The van der Waals surface area contributed by atoms with Crippen molar-refractivity contribution in [2.75, 3.05) is 13.2 Å². The van der Waals surface area contributed by atoms with Crippen molar-refractivity contribution in [1.82, 2.24) is 0 Å². The molecule has 2 aliphatic rings. The lowest BCUT2D eigenvalue weighted by Gasteiger charge is -2.44. The Bertz CT molecular complexity index is 233. The highest BCUT2D eigenvalue weighted by Gasteiger charge is 2.44. The summed E-state index contributed by atoms with van der Waals surface area (Å²) in [4.78, 5) is 0. The van der Waals surface area contributed by atoms with Crippen LogP contribution in [-0.2, 0) is 0 Å². The fraction of sp³-hybridized carbons (Fsp3) is 1.00. The highest BCUT2D eigenvalue weighted by molar-refractivity contribution is 4.93. The Morgan fingerprint density at radius 2 is 1.39 bits per heavy atom. The van der Waals surface area contributed by atoms with Crippen LogP contribution < -0.4 is 0 Å². The maximum atomic E-state index is 10.1. The number of aliphatic hydroxyl groups is 2. The predicted molar refractivity (Wildman–Crippen MR) is 74.4 cm³/mol. The van der Waals surface area contributed by atoms with Gasteiger partial charge in [-0.15, -0.1) is 0 Å². The Labute approximate surface area is 112 Å². The summed E-state index contributed by atoms with van der Waals surface area (Å²) in [6, 6.07) is 0. The number of aliphatic hydroxyl groups excluding tert-OH is 2. The van der Waals surface area contributed by atoms with E-state index in [-0.39, 0.29) is 12.0 Å². The Morgan fingerprint density at radius 1 is 0.778 bits per heavy atom. The molecular formula is C16H30O2. The van der Waals surface area contributed by atoms with Crippen LogP contribution in [-0.4, -0.2) is 23.4 Å². The fourth-order valence-electron chi connectivity index (χ4n) is 4.52. The summed E-state index contributed by atoms with van der Waals surface area (Å²) in [7, 11) is 0. The second kappa shape index (κ2) is 6.91.